The number of anilines is 2. The van der Waals surface area contributed by atoms with Crippen LogP contribution in [0, 0.1) is 0 Å². The topological polar surface area (TPSA) is 88.7 Å². The van der Waals surface area contributed by atoms with Gasteiger partial charge in [-0.25, -0.2) is 4.98 Å². The van der Waals surface area contributed by atoms with Gasteiger partial charge in [0.25, 0.3) is 0 Å². The lowest BCUT2D eigenvalue weighted by atomic mass is 10.2. The molecular weight excluding hydrogens is 306 g/mol. The summed E-state index contributed by atoms with van der Waals surface area (Å²) in [4.78, 5) is 13.7. The summed E-state index contributed by atoms with van der Waals surface area (Å²) in [5.41, 5.74) is 6.76. The first-order valence-electron chi connectivity index (χ1n) is 8.18. The van der Waals surface area contributed by atoms with Gasteiger partial charge in [0.05, 0.1) is 6.26 Å². The summed E-state index contributed by atoms with van der Waals surface area (Å²) in [7, 11) is 0. The Labute approximate surface area is 139 Å². The molecule has 24 heavy (non-hydrogen) atoms. The van der Waals surface area contributed by atoms with Crippen LogP contribution in [0.4, 0.5) is 11.8 Å². The second-order valence-electron chi connectivity index (χ2n) is 6.27. The van der Waals surface area contributed by atoms with Crippen LogP contribution in [0.2, 0.25) is 0 Å². The Morgan fingerprint density at radius 3 is 2.62 bits per heavy atom. The number of aromatic nitrogens is 4. The van der Waals surface area contributed by atoms with E-state index >= 15 is 0 Å². The van der Waals surface area contributed by atoms with E-state index in [1.54, 1.807) is 10.8 Å². The van der Waals surface area contributed by atoms with Gasteiger partial charge < -0.3 is 15.1 Å². The number of nitrogens with two attached hydrogens (primary N) is 1. The first-order valence-corrected chi connectivity index (χ1v) is 8.18. The first-order chi connectivity index (χ1) is 11.6. The Balaban J connectivity index is 1.63. The average molecular weight is 327 g/mol. The van der Waals surface area contributed by atoms with E-state index in [4.69, 9.17) is 10.2 Å². The molecule has 0 spiro atoms. The Morgan fingerprint density at radius 1 is 1.17 bits per heavy atom. The number of hydrogen-bond donors (Lipinski definition) is 1. The SMILES string of the molecule is CC(C)N1CCN(c2cc3nc(-c4ccco4)nn3c(N)n2)CC1. The number of piperazine rings is 1. The van der Waals surface area contributed by atoms with Crippen LogP contribution in [0.3, 0.4) is 0 Å². The van der Waals surface area contributed by atoms with Crippen LogP contribution in [0.25, 0.3) is 17.2 Å². The molecule has 0 radical (unpaired) electrons. The predicted molar refractivity (Wildman–Crippen MR) is 91.8 cm³/mol. The van der Waals surface area contributed by atoms with Crippen LogP contribution in [0.1, 0.15) is 13.8 Å². The third-order valence-electron chi connectivity index (χ3n) is 4.45. The van der Waals surface area contributed by atoms with E-state index in [1.807, 2.05) is 18.2 Å². The third-order valence-corrected chi connectivity index (χ3v) is 4.45. The van der Waals surface area contributed by atoms with Gasteiger partial charge in [-0.1, -0.05) is 0 Å². The monoisotopic (exact) mass is 327 g/mol. The summed E-state index contributed by atoms with van der Waals surface area (Å²) < 4.78 is 6.90. The largest absolute Gasteiger partial charge is 0.461 e. The molecule has 4 heterocycles. The Kier molecular flexibility index (Phi) is 3.61. The Hall–Kier alpha value is -2.61. The average Bonchev–Trinajstić information content (AvgIpc) is 3.24. The lowest BCUT2D eigenvalue weighted by Crippen LogP contribution is -2.49. The van der Waals surface area contributed by atoms with Crippen molar-refractivity contribution < 1.29 is 4.42 Å². The van der Waals surface area contributed by atoms with Gasteiger partial charge in [0.1, 0.15) is 5.82 Å². The van der Waals surface area contributed by atoms with Crippen LogP contribution >= 0.6 is 0 Å². The molecule has 1 aliphatic rings. The maximum Gasteiger partial charge on any atom is 0.225 e. The molecule has 0 unspecified atom stereocenters. The van der Waals surface area contributed by atoms with E-state index in [2.05, 4.69) is 38.7 Å². The van der Waals surface area contributed by atoms with Gasteiger partial charge in [-0.2, -0.15) is 9.50 Å². The Bertz CT molecular complexity index is 832. The molecule has 0 aliphatic carbocycles. The molecule has 8 nitrogen and oxygen atoms in total. The maximum absolute atomic E-state index is 6.09. The number of nitrogen functional groups attached to an aromatic ring is 1. The van der Waals surface area contributed by atoms with Crippen LogP contribution in [-0.2, 0) is 0 Å². The molecule has 3 aromatic heterocycles. The van der Waals surface area contributed by atoms with Crippen LogP contribution in [0.5, 0.6) is 0 Å². The summed E-state index contributed by atoms with van der Waals surface area (Å²) in [5.74, 6) is 2.31. The van der Waals surface area contributed by atoms with Gasteiger partial charge in [-0.15, -0.1) is 5.10 Å². The quantitative estimate of drug-likeness (QED) is 0.779. The van der Waals surface area contributed by atoms with Crippen molar-refractivity contribution in [2.75, 3.05) is 36.8 Å². The number of rotatable bonds is 3. The number of nitrogens with zero attached hydrogens (tertiary/aromatic N) is 6. The maximum atomic E-state index is 6.09. The van der Waals surface area contributed by atoms with Crippen molar-refractivity contribution in [3.8, 4) is 11.6 Å². The fourth-order valence-corrected chi connectivity index (χ4v) is 3.04. The molecule has 1 saturated heterocycles. The van der Waals surface area contributed by atoms with Gasteiger partial charge in [-0.3, -0.25) is 4.90 Å². The molecule has 126 valence electrons. The lowest BCUT2D eigenvalue weighted by molar-refractivity contribution is 0.209. The standard InChI is InChI=1S/C16H21N7O/c1-11(2)21-5-7-22(8-6-21)13-10-14-18-15(12-4-3-9-24-12)20-23(14)16(17)19-13/h3-4,9-11H,5-8H2,1-2H3,(H2,17,19). The fourth-order valence-electron chi connectivity index (χ4n) is 3.04. The van der Waals surface area contributed by atoms with E-state index < -0.39 is 0 Å². The van der Waals surface area contributed by atoms with Gasteiger partial charge in [0.2, 0.25) is 11.8 Å². The fraction of sp³-hybridized carbons (Fsp3) is 0.438. The number of hydrogen-bond acceptors (Lipinski definition) is 7. The zero-order valence-corrected chi connectivity index (χ0v) is 13.9. The third kappa shape index (κ3) is 2.58. The molecule has 3 aromatic rings. The van der Waals surface area contributed by atoms with E-state index in [9.17, 15) is 0 Å². The highest BCUT2D eigenvalue weighted by molar-refractivity contribution is 5.59. The summed E-state index contributed by atoms with van der Waals surface area (Å²) in [6.45, 7) is 8.36. The molecule has 4 rings (SSSR count). The highest BCUT2D eigenvalue weighted by Crippen LogP contribution is 2.22. The summed E-state index contributed by atoms with van der Waals surface area (Å²) in [6.07, 6.45) is 1.60. The second kappa shape index (κ2) is 5.79. The molecule has 8 heteroatoms. The number of furan rings is 1. The summed E-state index contributed by atoms with van der Waals surface area (Å²) in [5, 5.41) is 4.37. The predicted octanol–water partition coefficient (Wildman–Crippen LogP) is 1.50. The molecule has 0 aromatic carbocycles. The van der Waals surface area contributed by atoms with Crippen molar-refractivity contribution in [3.63, 3.8) is 0 Å². The smallest absolute Gasteiger partial charge is 0.225 e. The molecule has 0 atom stereocenters. The molecule has 0 saturated carbocycles. The minimum absolute atomic E-state index is 0.332. The van der Waals surface area contributed by atoms with Crippen molar-refractivity contribution >= 4 is 17.4 Å². The van der Waals surface area contributed by atoms with Gasteiger partial charge in [-0.05, 0) is 26.0 Å². The molecule has 1 aliphatic heterocycles. The summed E-state index contributed by atoms with van der Waals surface area (Å²) in [6, 6.07) is 6.13. The molecule has 0 amide bonds. The van der Waals surface area contributed by atoms with Gasteiger partial charge in [0, 0.05) is 38.3 Å². The van der Waals surface area contributed by atoms with E-state index in [1.165, 1.54) is 0 Å². The van der Waals surface area contributed by atoms with Gasteiger partial charge in [0.15, 0.2) is 11.4 Å². The van der Waals surface area contributed by atoms with Crippen LogP contribution < -0.4 is 10.6 Å². The van der Waals surface area contributed by atoms with E-state index in [0.29, 0.717) is 29.2 Å². The molecular formula is C16H21N7O. The minimum atomic E-state index is 0.332. The molecule has 1 fully saturated rings. The lowest BCUT2D eigenvalue weighted by Gasteiger charge is -2.37. The van der Waals surface area contributed by atoms with E-state index in [-0.39, 0.29) is 0 Å². The highest BCUT2D eigenvalue weighted by atomic mass is 16.3. The molecule has 0 bridgehead atoms. The van der Waals surface area contributed by atoms with Crippen molar-refractivity contribution in [2.24, 2.45) is 0 Å². The normalized spacial score (nSPS) is 16.4. The Morgan fingerprint density at radius 2 is 1.96 bits per heavy atom. The zero-order chi connectivity index (χ0) is 16.7. The van der Waals surface area contributed by atoms with Crippen molar-refractivity contribution in [1.82, 2.24) is 24.5 Å². The second-order valence-corrected chi connectivity index (χ2v) is 6.27. The van der Waals surface area contributed by atoms with E-state index in [0.717, 1.165) is 32.0 Å². The minimum Gasteiger partial charge on any atom is -0.461 e. The summed E-state index contributed by atoms with van der Waals surface area (Å²) >= 11 is 0. The van der Waals surface area contributed by atoms with Crippen LogP contribution in [0.15, 0.2) is 28.9 Å². The van der Waals surface area contributed by atoms with Crippen molar-refractivity contribution in [2.45, 2.75) is 19.9 Å². The van der Waals surface area contributed by atoms with Crippen LogP contribution in [-0.4, -0.2) is 56.7 Å². The first kappa shape index (κ1) is 14.9. The number of fused-ring (bicyclic) bond motifs is 1. The van der Waals surface area contributed by atoms with Crippen molar-refractivity contribution in [3.05, 3.63) is 24.5 Å². The van der Waals surface area contributed by atoms with Crippen molar-refractivity contribution in [1.29, 1.82) is 0 Å². The molecule has 2 N–H and O–H groups in total. The highest BCUT2D eigenvalue weighted by Gasteiger charge is 2.21. The zero-order valence-electron chi connectivity index (χ0n) is 13.9. The van der Waals surface area contributed by atoms with Gasteiger partial charge >= 0.3 is 0 Å².